The molecule has 1 aliphatic rings. The quantitative estimate of drug-likeness (QED) is 0.601. The number of nitrogens with one attached hydrogen (secondary N) is 2. The summed E-state index contributed by atoms with van der Waals surface area (Å²) >= 11 is 2.47. The minimum Gasteiger partial charge on any atom is -0.256 e. The van der Waals surface area contributed by atoms with Gasteiger partial charge in [0.2, 0.25) is 0 Å². The topological polar surface area (TPSA) is 24.1 Å². The Kier molecular flexibility index (Phi) is 2.63. The number of halogens is 1. The summed E-state index contributed by atoms with van der Waals surface area (Å²) in [7, 11) is 0. The van der Waals surface area contributed by atoms with Gasteiger partial charge in [-0.05, 0) is 5.56 Å². The maximum atomic E-state index is 3.27. The lowest BCUT2D eigenvalue weighted by Gasteiger charge is -2.12. The molecule has 1 aliphatic heterocycles. The molecule has 1 heterocycles. The lowest BCUT2D eigenvalue weighted by molar-refractivity contribution is 0.587. The van der Waals surface area contributed by atoms with Crippen LogP contribution in [0.4, 0.5) is 0 Å². The van der Waals surface area contributed by atoms with Crippen molar-refractivity contribution >= 4 is 22.6 Å². The fourth-order valence-electron chi connectivity index (χ4n) is 1.43. The smallest absolute Gasteiger partial charge is 0.0592 e. The molecule has 1 saturated heterocycles. The van der Waals surface area contributed by atoms with E-state index in [4.69, 9.17) is 0 Å². The molecule has 2 atom stereocenters. The first-order chi connectivity index (χ1) is 5.88. The molecule has 1 aromatic carbocycles. The van der Waals surface area contributed by atoms with E-state index in [0.29, 0.717) is 9.97 Å². The molecule has 12 heavy (non-hydrogen) atoms. The van der Waals surface area contributed by atoms with Crippen molar-refractivity contribution in [2.45, 2.75) is 9.97 Å². The van der Waals surface area contributed by atoms with Gasteiger partial charge in [0.1, 0.15) is 0 Å². The van der Waals surface area contributed by atoms with Gasteiger partial charge in [-0.15, -0.1) is 0 Å². The van der Waals surface area contributed by atoms with Crippen molar-refractivity contribution in [2.24, 2.45) is 0 Å². The summed E-state index contributed by atoms with van der Waals surface area (Å²) < 4.78 is 0.644. The van der Waals surface area contributed by atoms with E-state index in [1.54, 1.807) is 0 Å². The molecule has 0 radical (unpaired) electrons. The van der Waals surface area contributed by atoms with Gasteiger partial charge in [-0.2, -0.15) is 0 Å². The van der Waals surface area contributed by atoms with Crippen LogP contribution in [0, 0.1) is 0 Å². The Balaban J connectivity index is 2.19. The van der Waals surface area contributed by atoms with Crippen LogP contribution in [0.3, 0.4) is 0 Å². The van der Waals surface area contributed by atoms with Crippen molar-refractivity contribution in [3.63, 3.8) is 0 Å². The Morgan fingerprint density at radius 1 is 1.25 bits per heavy atom. The van der Waals surface area contributed by atoms with E-state index in [9.17, 15) is 0 Å². The van der Waals surface area contributed by atoms with Crippen LogP contribution in [-0.2, 0) is 0 Å². The van der Waals surface area contributed by atoms with E-state index < -0.39 is 0 Å². The van der Waals surface area contributed by atoms with Crippen molar-refractivity contribution in [1.29, 1.82) is 0 Å². The van der Waals surface area contributed by atoms with Crippen molar-refractivity contribution in [3.05, 3.63) is 35.9 Å². The zero-order valence-corrected chi connectivity index (χ0v) is 8.78. The van der Waals surface area contributed by atoms with Crippen molar-refractivity contribution < 1.29 is 0 Å². The van der Waals surface area contributed by atoms with Crippen LogP contribution in [-0.4, -0.2) is 10.5 Å². The summed E-state index contributed by atoms with van der Waals surface area (Å²) in [5.41, 5.74) is 7.79. The van der Waals surface area contributed by atoms with Gasteiger partial charge in [0, 0.05) is 10.5 Å². The molecule has 1 fully saturated rings. The van der Waals surface area contributed by atoms with E-state index in [2.05, 4.69) is 57.7 Å². The van der Waals surface area contributed by atoms with E-state index in [1.165, 1.54) is 5.56 Å². The fourth-order valence-corrected chi connectivity index (χ4v) is 2.24. The molecule has 2 nitrogen and oxygen atoms in total. The third-order valence-corrected chi connectivity index (χ3v) is 3.23. The number of hydrazine groups is 1. The van der Waals surface area contributed by atoms with E-state index in [-0.39, 0.29) is 0 Å². The Morgan fingerprint density at radius 3 is 2.58 bits per heavy atom. The standard InChI is InChI=1S/C9H11IN2/c10-8-6-11-12-9(8)7-4-2-1-3-5-7/h1-5,8-9,11-12H,6H2. The largest absolute Gasteiger partial charge is 0.256 e. The van der Waals surface area contributed by atoms with Gasteiger partial charge in [-0.3, -0.25) is 5.43 Å². The summed E-state index contributed by atoms with van der Waals surface area (Å²) in [6.07, 6.45) is 0. The zero-order chi connectivity index (χ0) is 8.39. The highest BCUT2D eigenvalue weighted by Crippen LogP contribution is 2.24. The average molecular weight is 274 g/mol. The molecule has 0 saturated carbocycles. The Hall–Kier alpha value is -0.130. The summed E-state index contributed by atoms with van der Waals surface area (Å²) in [6, 6.07) is 11.0. The maximum Gasteiger partial charge on any atom is 0.0592 e. The highest BCUT2D eigenvalue weighted by atomic mass is 127. The second-order valence-electron chi connectivity index (χ2n) is 2.93. The van der Waals surface area contributed by atoms with E-state index in [1.807, 2.05) is 6.07 Å². The van der Waals surface area contributed by atoms with Crippen LogP contribution in [0.25, 0.3) is 0 Å². The summed E-state index contributed by atoms with van der Waals surface area (Å²) in [4.78, 5) is 0. The molecule has 3 heteroatoms. The molecule has 0 amide bonds. The summed E-state index contributed by atoms with van der Waals surface area (Å²) in [5, 5.41) is 0. The molecule has 0 spiro atoms. The third kappa shape index (κ3) is 1.62. The van der Waals surface area contributed by atoms with Crippen LogP contribution in [0.2, 0.25) is 0 Å². The first-order valence-electron chi connectivity index (χ1n) is 4.05. The van der Waals surface area contributed by atoms with Gasteiger partial charge in [-0.25, -0.2) is 5.43 Å². The molecule has 1 aromatic rings. The predicted molar refractivity (Wildman–Crippen MR) is 58.1 cm³/mol. The van der Waals surface area contributed by atoms with Crippen LogP contribution in [0.1, 0.15) is 11.6 Å². The Bertz CT molecular complexity index is 250. The van der Waals surface area contributed by atoms with Crippen LogP contribution < -0.4 is 10.9 Å². The average Bonchev–Trinajstić information content (AvgIpc) is 2.53. The van der Waals surface area contributed by atoms with Gasteiger partial charge < -0.3 is 0 Å². The highest BCUT2D eigenvalue weighted by molar-refractivity contribution is 14.1. The van der Waals surface area contributed by atoms with Crippen molar-refractivity contribution in [1.82, 2.24) is 10.9 Å². The molecule has 0 aromatic heterocycles. The molecule has 0 aliphatic carbocycles. The van der Waals surface area contributed by atoms with Crippen LogP contribution in [0.5, 0.6) is 0 Å². The van der Waals surface area contributed by atoms with Crippen molar-refractivity contribution in [2.75, 3.05) is 6.54 Å². The van der Waals surface area contributed by atoms with Gasteiger partial charge >= 0.3 is 0 Å². The number of alkyl halides is 1. The van der Waals surface area contributed by atoms with Gasteiger partial charge in [0.05, 0.1) is 6.04 Å². The summed E-state index contributed by atoms with van der Waals surface area (Å²) in [5.74, 6) is 0. The minimum atomic E-state index is 0.465. The molecular weight excluding hydrogens is 263 g/mol. The Morgan fingerprint density at radius 2 is 2.00 bits per heavy atom. The number of hydrogen-bond donors (Lipinski definition) is 2. The second kappa shape index (κ2) is 3.72. The molecule has 64 valence electrons. The first kappa shape index (κ1) is 8.47. The normalized spacial score (nSPS) is 29.1. The summed E-state index contributed by atoms with van der Waals surface area (Å²) in [6.45, 7) is 1.04. The molecule has 0 bridgehead atoms. The second-order valence-corrected chi connectivity index (χ2v) is 4.53. The zero-order valence-electron chi connectivity index (χ0n) is 6.63. The Labute approximate surface area is 85.9 Å². The third-order valence-electron chi connectivity index (χ3n) is 2.08. The molecule has 2 rings (SSSR count). The molecule has 2 unspecified atom stereocenters. The van der Waals surface area contributed by atoms with Crippen molar-refractivity contribution in [3.8, 4) is 0 Å². The highest BCUT2D eigenvalue weighted by Gasteiger charge is 2.24. The van der Waals surface area contributed by atoms with Gasteiger partial charge in [0.15, 0.2) is 0 Å². The lowest BCUT2D eigenvalue weighted by Crippen LogP contribution is -2.24. The SMILES string of the molecule is IC1CNNC1c1ccccc1. The predicted octanol–water partition coefficient (Wildman–Crippen LogP) is 1.64. The number of hydrogen-bond acceptors (Lipinski definition) is 2. The number of benzene rings is 1. The lowest BCUT2D eigenvalue weighted by atomic mass is 10.1. The van der Waals surface area contributed by atoms with Gasteiger partial charge in [0.25, 0.3) is 0 Å². The fraction of sp³-hybridized carbons (Fsp3) is 0.333. The minimum absolute atomic E-state index is 0.465. The molecular formula is C9H11IN2. The monoisotopic (exact) mass is 274 g/mol. The van der Waals surface area contributed by atoms with Crippen LogP contribution in [0.15, 0.2) is 30.3 Å². The maximum absolute atomic E-state index is 3.27. The number of rotatable bonds is 1. The first-order valence-corrected chi connectivity index (χ1v) is 5.30. The van der Waals surface area contributed by atoms with E-state index >= 15 is 0 Å². The van der Waals surface area contributed by atoms with E-state index in [0.717, 1.165) is 6.54 Å². The van der Waals surface area contributed by atoms with Crippen LogP contribution >= 0.6 is 22.6 Å². The van der Waals surface area contributed by atoms with Gasteiger partial charge in [-0.1, -0.05) is 52.9 Å². The molecule has 2 N–H and O–H groups in total.